The molecular formula is C15H22O7S2. The van der Waals surface area contributed by atoms with E-state index in [1.165, 1.54) is 0 Å². The Balaban J connectivity index is 2.29. The fourth-order valence-electron chi connectivity index (χ4n) is 2.73. The van der Waals surface area contributed by atoms with E-state index >= 15 is 0 Å². The molecule has 0 bridgehead atoms. The minimum Gasteiger partial charge on any atom is -0.342 e. The maximum absolute atomic E-state index is 11.7. The lowest BCUT2D eigenvalue weighted by Crippen LogP contribution is -2.52. The zero-order valence-electron chi connectivity index (χ0n) is 13.7. The summed E-state index contributed by atoms with van der Waals surface area (Å²) in [5.74, 6) is -1.65. The van der Waals surface area contributed by atoms with Gasteiger partial charge in [-0.1, -0.05) is 36.8 Å². The highest BCUT2D eigenvalue weighted by atomic mass is 32.2. The van der Waals surface area contributed by atoms with E-state index in [1.807, 2.05) is 30.3 Å². The highest BCUT2D eigenvalue weighted by molar-refractivity contribution is 7.86. The van der Waals surface area contributed by atoms with Crippen molar-refractivity contribution in [2.75, 3.05) is 12.5 Å². The third-order valence-corrected chi connectivity index (χ3v) is 4.81. The predicted molar refractivity (Wildman–Crippen MR) is 88.1 cm³/mol. The predicted octanol–water partition coefficient (Wildman–Crippen LogP) is 1.79. The standard InChI is InChI=1S/C15H22O7S2/c1-23(16,17)21-14-10-6-7-11-15(14,22-24(2,18)19)20-12-13-8-4-3-5-9-13/h3-5,8-9,14H,6-7,10-12H2,1-2H3. The van der Waals surface area contributed by atoms with E-state index in [-0.39, 0.29) is 13.0 Å². The van der Waals surface area contributed by atoms with Gasteiger partial charge in [-0.2, -0.15) is 16.8 Å². The van der Waals surface area contributed by atoms with Crippen LogP contribution in [0.25, 0.3) is 0 Å². The van der Waals surface area contributed by atoms with Crippen LogP contribution < -0.4 is 0 Å². The van der Waals surface area contributed by atoms with E-state index in [2.05, 4.69) is 0 Å². The van der Waals surface area contributed by atoms with Crippen molar-refractivity contribution in [1.29, 1.82) is 0 Å². The number of benzene rings is 1. The Hall–Kier alpha value is -1.00. The average molecular weight is 378 g/mol. The van der Waals surface area contributed by atoms with Crippen molar-refractivity contribution in [3.05, 3.63) is 35.9 Å². The monoisotopic (exact) mass is 378 g/mol. The topological polar surface area (TPSA) is 96.0 Å². The van der Waals surface area contributed by atoms with Crippen molar-refractivity contribution in [3.63, 3.8) is 0 Å². The zero-order valence-corrected chi connectivity index (χ0v) is 15.3. The van der Waals surface area contributed by atoms with Gasteiger partial charge in [0.25, 0.3) is 20.2 Å². The molecule has 24 heavy (non-hydrogen) atoms. The van der Waals surface area contributed by atoms with Crippen molar-refractivity contribution in [2.24, 2.45) is 0 Å². The van der Waals surface area contributed by atoms with Crippen LogP contribution >= 0.6 is 0 Å². The van der Waals surface area contributed by atoms with Crippen LogP contribution in [0.2, 0.25) is 0 Å². The number of ether oxygens (including phenoxy) is 1. The molecule has 136 valence electrons. The Morgan fingerprint density at radius 2 is 1.71 bits per heavy atom. The van der Waals surface area contributed by atoms with Gasteiger partial charge in [-0.25, -0.2) is 4.18 Å². The second-order valence-corrected chi connectivity index (χ2v) is 9.08. The summed E-state index contributed by atoms with van der Waals surface area (Å²) in [5.41, 5.74) is 0.817. The van der Waals surface area contributed by atoms with Crippen LogP contribution in [0, 0.1) is 0 Å². The van der Waals surface area contributed by atoms with Crippen molar-refractivity contribution in [1.82, 2.24) is 0 Å². The molecule has 2 rings (SSSR count). The summed E-state index contributed by atoms with van der Waals surface area (Å²) in [6, 6.07) is 9.15. The Morgan fingerprint density at radius 1 is 1.04 bits per heavy atom. The minimum absolute atomic E-state index is 0.0833. The normalized spacial score (nSPS) is 25.5. The van der Waals surface area contributed by atoms with Gasteiger partial charge < -0.3 is 4.74 Å². The van der Waals surface area contributed by atoms with Crippen molar-refractivity contribution in [3.8, 4) is 0 Å². The Morgan fingerprint density at radius 3 is 2.29 bits per heavy atom. The molecule has 7 nitrogen and oxygen atoms in total. The zero-order chi connectivity index (χ0) is 17.8. The lowest BCUT2D eigenvalue weighted by Gasteiger charge is -2.41. The van der Waals surface area contributed by atoms with Crippen LogP contribution in [0.4, 0.5) is 0 Å². The molecule has 0 aromatic heterocycles. The molecule has 0 spiro atoms. The first-order chi connectivity index (χ1) is 11.1. The van der Waals surface area contributed by atoms with Gasteiger partial charge in [-0.15, -0.1) is 0 Å². The van der Waals surface area contributed by atoms with E-state index in [0.29, 0.717) is 19.3 Å². The van der Waals surface area contributed by atoms with Gasteiger partial charge in [0.05, 0.1) is 19.1 Å². The lowest BCUT2D eigenvalue weighted by molar-refractivity contribution is -0.249. The van der Waals surface area contributed by atoms with E-state index in [9.17, 15) is 16.8 Å². The fraction of sp³-hybridized carbons (Fsp3) is 0.600. The second kappa shape index (κ2) is 7.49. The minimum atomic E-state index is -3.87. The molecule has 1 saturated carbocycles. The molecule has 0 heterocycles. The molecule has 0 N–H and O–H groups in total. The van der Waals surface area contributed by atoms with Gasteiger partial charge in [-0.05, 0) is 18.4 Å². The lowest BCUT2D eigenvalue weighted by atomic mass is 9.91. The second-order valence-electron chi connectivity index (χ2n) is 5.91. The molecule has 1 aliphatic rings. The van der Waals surface area contributed by atoms with E-state index in [4.69, 9.17) is 13.1 Å². The highest BCUT2D eigenvalue weighted by Gasteiger charge is 2.48. The Bertz CT molecular complexity index is 743. The summed E-state index contributed by atoms with van der Waals surface area (Å²) in [4.78, 5) is 0. The third kappa shape index (κ3) is 5.82. The number of rotatable bonds is 7. The van der Waals surface area contributed by atoms with Crippen molar-refractivity contribution >= 4 is 20.2 Å². The summed E-state index contributed by atoms with van der Waals surface area (Å²) in [6.07, 6.45) is 2.72. The molecular weight excluding hydrogens is 356 g/mol. The van der Waals surface area contributed by atoms with Crippen LogP contribution in [0.1, 0.15) is 31.2 Å². The van der Waals surface area contributed by atoms with Crippen molar-refractivity contribution in [2.45, 2.75) is 44.2 Å². The van der Waals surface area contributed by atoms with Gasteiger partial charge in [0, 0.05) is 6.42 Å². The smallest absolute Gasteiger partial charge is 0.267 e. The van der Waals surface area contributed by atoms with Gasteiger partial charge in [0.15, 0.2) is 0 Å². The maximum atomic E-state index is 11.7. The van der Waals surface area contributed by atoms with Crippen LogP contribution in [-0.2, 0) is 39.9 Å². The largest absolute Gasteiger partial charge is 0.342 e. The van der Waals surface area contributed by atoms with Crippen LogP contribution in [0.5, 0.6) is 0 Å². The van der Waals surface area contributed by atoms with Gasteiger partial charge in [0.2, 0.25) is 5.79 Å². The third-order valence-electron chi connectivity index (χ3n) is 3.64. The molecule has 0 radical (unpaired) electrons. The molecule has 9 heteroatoms. The molecule has 0 saturated heterocycles. The first kappa shape index (κ1) is 19.3. The van der Waals surface area contributed by atoms with Crippen molar-refractivity contribution < 1.29 is 29.9 Å². The van der Waals surface area contributed by atoms with Gasteiger partial charge in [0.1, 0.15) is 6.10 Å². The SMILES string of the molecule is CS(=O)(=O)OC1CCCCC1(OCc1ccccc1)OS(C)(=O)=O. The summed E-state index contributed by atoms with van der Waals surface area (Å²) < 4.78 is 62.6. The van der Waals surface area contributed by atoms with E-state index < -0.39 is 32.1 Å². The quantitative estimate of drug-likeness (QED) is 0.527. The first-order valence-electron chi connectivity index (χ1n) is 7.56. The summed E-state index contributed by atoms with van der Waals surface area (Å²) in [5, 5.41) is 0. The number of hydrogen-bond acceptors (Lipinski definition) is 7. The Labute approximate surface area is 143 Å². The molecule has 2 unspecified atom stereocenters. The highest BCUT2D eigenvalue weighted by Crippen LogP contribution is 2.37. The molecule has 1 aromatic rings. The maximum Gasteiger partial charge on any atom is 0.267 e. The summed E-state index contributed by atoms with van der Waals surface area (Å²) in [7, 11) is -7.66. The van der Waals surface area contributed by atoms with Gasteiger partial charge in [-0.3, -0.25) is 4.18 Å². The average Bonchev–Trinajstić information content (AvgIpc) is 2.46. The fourth-order valence-corrected chi connectivity index (χ4v) is 4.15. The van der Waals surface area contributed by atoms with Crippen LogP contribution in [0.3, 0.4) is 0 Å². The summed E-state index contributed by atoms with van der Waals surface area (Å²) >= 11 is 0. The molecule has 0 aliphatic heterocycles. The van der Waals surface area contributed by atoms with Crippen LogP contribution in [-0.4, -0.2) is 41.2 Å². The van der Waals surface area contributed by atoms with E-state index in [0.717, 1.165) is 18.1 Å². The van der Waals surface area contributed by atoms with Gasteiger partial charge >= 0.3 is 0 Å². The summed E-state index contributed by atoms with van der Waals surface area (Å²) in [6.45, 7) is 0.0833. The number of hydrogen-bond donors (Lipinski definition) is 0. The first-order valence-corrected chi connectivity index (χ1v) is 11.2. The Kier molecular flexibility index (Phi) is 6.03. The molecule has 1 aliphatic carbocycles. The van der Waals surface area contributed by atoms with E-state index in [1.54, 1.807) is 0 Å². The molecule has 1 fully saturated rings. The molecule has 0 amide bonds. The van der Waals surface area contributed by atoms with Crippen LogP contribution in [0.15, 0.2) is 30.3 Å². The molecule has 2 atom stereocenters. The molecule has 1 aromatic carbocycles.